The summed E-state index contributed by atoms with van der Waals surface area (Å²) in [6, 6.07) is 8.97. The molecule has 16 heavy (non-hydrogen) atoms. The lowest BCUT2D eigenvalue weighted by molar-refractivity contribution is 0.715. The number of nitrogens with one attached hydrogen (secondary N) is 1. The third-order valence-corrected chi connectivity index (χ3v) is 2.70. The first-order chi connectivity index (χ1) is 7.59. The van der Waals surface area contributed by atoms with Crippen LogP contribution in [0, 0.1) is 6.92 Å². The minimum Gasteiger partial charge on any atom is -0.382 e. The molecule has 1 aromatic carbocycles. The molecule has 0 bridgehead atoms. The van der Waals surface area contributed by atoms with Gasteiger partial charge in [-0.3, -0.25) is 0 Å². The van der Waals surface area contributed by atoms with Crippen LogP contribution in [0.4, 0.5) is 5.69 Å². The molecule has 1 rings (SSSR count). The van der Waals surface area contributed by atoms with Crippen LogP contribution in [0.1, 0.15) is 39.2 Å². The summed E-state index contributed by atoms with van der Waals surface area (Å²) in [6.07, 6.45) is 4.64. The first-order valence-corrected chi connectivity index (χ1v) is 6.05. The summed E-state index contributed by atoms with van der Waals surface area (Å²) in [5.41, 5.74) is 3.98. The Balaban J connectivity index is 2.43. The number of hydrogen-bond donors (Lipinski definition) is 1. The second kappa shape index (κ2) is 6.37. The predicted molar refractivity (Wildman–Crippen MR) is 72.9 cm³/mol. The van der Waals surface area contributed by atoms with Crippen molar-refractivity contribution in [2.75, 3.05) is 5.32 Å². The molecule has 0 aromatic heterocycles. The summed E-state index contributed by atoms with van der Waals surface area (Å²) in [4.78, 5) is 0. The number of anilines is 1. The molecule has 1 aromatic rings. The molecule has 0 aliphatic rings. The van der Waals surface area contributed by atoms with Crippen molar-refractivity contribution in [3.05, 3.63) is 41.5 Å². The van der Waals surface area contributed by atoms with E-state index < -0.39 is 0 Å². The molecule has 0 spiro atoms. The molecular formula is C15H23N. The van der Waals surface area contributed by atoms with Crippen molar-refractivity contribution < 1.29 is 0 Å². The fraction of sp³-hybridized carbons (Fsp3) is 0.467. The first kappa shape index (κ1) is 12.8. The van der Waals surface area contributed by atoms with Gasteiger partial charge >= 0.3 is 0 Å². The monoisotopic (exact) mass is 217 g/mol. The van der Waals surface area contributed by atoms with Gasteiger partial charge in [0.05, 0.1) is 0 Å². The number of hydrogen-bond acceptors (Lipinski definition) is 1. The van der Waals surface area contributed by atoms with E-state index in [0.717, 1.165) is 6.42 Å². The highest BCUT2D eigenvalue weighted by Gasteiger charge is 2.02. The lowest BCUT2D eigenvalue weighted by Crippen LogP contribution is -2.15. The van der Waals surface area contributed by atoms with Crippen LogP contribution in [0.15, 0.2) is 35.9 Å². The minimum atomic E-state index is 0.525. The lowest BCUT2D eigenvalue weighted by atomic mass is 10.1. The summed E-state index contributed by atoms with van der Waals surface area (Å²) in [7, 11) is 0. The van der Waals surface area contributed by atoms with E-state index >= 15 is 0 Å². The summed E-state index contributed by atoms with van der Waals surface area (Å²) < 4.78 is 0. The summed E-state index contributed by atoms with van der Waals surface area (Å²) in [5, 5.41) is 3.55. The Morgan fingerprint density at radius 1 is 1.31 bits per heavy atom. The van der Waals surface area contributed by atoms with Crippen LogP contribution in [-0.2, 0) is 0 Å². The molecule has 0 aliphatic heterocycles. The molecule has 0 radical (unpaired) electrons. The molecule has 1 heteroatoms. The molecular weight excluding hydrogens is 194 g/mol. The van der Waals surface area contributed by atoms with E-state index in [4.69, 9.17) is 0 Å². The highest BCUT2D eigenvalue weighted by molar-refractivity contribution is 5.50. The molecule has 1 nitrogen and oxygen atoms in total. The normalized spacial score (nSPS) is 12.0. The Bertz CT molecular complexity index is 348. The van der Waals surface area contributed by atoms with E-state index in [9.17, 15) is 0 Å². The Kier molecular flexibility index (Phi) is 5.10. The van der Waals surface area contributed by atoms with Gasteiger partial charge in [-0.25, -0.2) is 0 Å². The maximum atomic E-state index is 3.55. The van der Waals surface area contributed by atoms with Crippen LogP contribution >= 0.6 is 0 Å². The van der Waals surface area contributed by atoms with Gasteiger partial charge in [-0.05, 0) is 52.2 Å². The second-order valence-corrected chi connectivity index (χ2v) is 4.72. The van der Waals surface area contributed by atoms with Gasteiger partial charge in [0.25, 0.3) is 0 Å². The molecule has 1 unspecified atom stereocenters. The van der Waals surface area contributed by atoms with E-state index in [-0.39, 0.29) is 0 Å². The van der Waals surface area contributed by atoms with Gasteiger partial charge in [-0.1, -0.05) is 29.8 Å². The third-order valence-electron chi connectivity index (χ3n) is 2.70. The quantitative estimate of drug-likeness (QED) is 0.714. The topological polar surface area (TPSA) is 12.0 Å². The average molecular weight is 217 g/mol. The SMILES string of the molecule is CC(C)=CCCC(C)Nc1ccccc1C. The number of para-hydroxylation sites is 1. The van der Waals surface area contributed by atoms with Gasteiger partial charge < -0.3 is 5.32 Å². The standard InChI is InChI=1S/C15H23N/c1-12(2)8-7-10-14(4)16-15-11-6-5-9-13(15)3/h5-6,8-9,11,14,16H,7,10H2,1-4H3. The Hall–Kier alpha value is -1.24. The number of allylic oxidation sites excluding steroid dienone is 2. The van der Waals surface area contributed by atoms with Crippen molar-refractivity contribution >= 4 is 5.69 Å². The second-order valence-electron chi connectivity index (χ2n) is 4.72. The summed E-state index contributed by atoms with van der Waals surface area (Å²) in [5.74, 6) is 0. The number of benzene rings is 1. The van der Waals surface area contributed by atoms with Gasteiger partial charge in [0, 0.05) is 11.7 Å². The van der Waals surface area contributed by atoms with Crippen LogP contribution in [-0.4, -0.2) is 6.04 Å². The molecule has 0 aliphatic carbocycles. The molecule has 0 amide bonds. The molecule has 88 valence electrons. The lowest BCUT2D eigenvalue weighted by Gasteiger charge is -2.16. The van der Waals surface area contributed by atoms with Crippen LogP contribution < -0.4 is 5.32 Å². The Labute approximate surface area is 99.6 Å². The van der Waals surface area contributed by atoms with Gasteiger partial charge in [-0.2, -0.15) is 0 Å². The van der Waals surface area contributed by atoms with E-state index in [1.165, 1.54) is 23.2 Å². The molecule has 0 saturated carbocycles. The van der Waals surface area contributed by atoms with E-state index in [1.807, 2.05) is 0 Å². The molecule has 1 N–H and O–H groups in total. The van der Waals surface area contributed by atoms with Crippen LogP contribution in [0.3, 0.4) is 0 Å². The molecule has 0 fully saturated rings. The van der Waals surface area contributed by atoms with Crippen molar-refractivity contribution in [3.63, 3.8) is 0 Å². The van der Waals surface area contributed by atoms with Crippen molar-refractivity contribution in [2.45, 2.75) is 46.6 Å². The zero-order valence-corrected chi connectivity index (χ0v) is 10.9. The van der Waals surface area contributed by atoms with Gasteiger partial charge in [0.15, 0.2) is 0 Å². The number of aryl methyl sites for hydroxylation is 1. The molecule has 1 atom stereocenters. The van der Waals surface area contributed by atoms with Gasteiger partial charge in [-0.15, -0.1) is 0 Å². The third kappa shape index (κ3) is 4.52. The van der Waals surface area contributed by atoms with Crippen molar-refractivity contribution in [3.8, 4) is 0 Å². The highest BCUT2D eigenvalue weighted by atomic mass is 14.9. The summed E-state index contributed by atoms with van der Waals surface area (Å²) >= 11 is 0. The van der Waals surface area contributed by atoms with Crippen LogP contribution in [0.2, 0.25) is 0 Å². The zero-order valence-electron chi connectivity index (χ0n) is 10.9. The van der Waals surface area contributed by atoms with E-state index in [0.29, 0.717) is 6.04 Å². The molecule has 0 saturated heterocycles. The van der Waals surface area contributed by atoms with Gasteiger partial charge in [0.2, 0.25) is 0 Å². The summed E-state index contributed by atoms with van der Waals surface area (Å²) in [6.45, 7) is 8.69. The van der Waals surface area contributed by atoms with Crippen molar-refractivity contribution in [2.24, 2.45) is 0 Å². The Morgan fingerprint density at radius 3 is 2.62 bits per heavy atom. The zero-order chi connectivity index (χ0) is 12.0. The maximum Gasteiger partial charge on any atom is 0.0371 e. The van der Waals surface area contributed by atoms with Crippen LogP contribution in [0.25, 0.3) is 0 Å². The largest absolute Gasteiger partial charge is 0.382 e. The van der Waals surface area contributed by atoms with E-state index in [1.54, 1.807) is 0 Å². The highest BCUT2D eigenvalue weighted by Crippen LogP contribution is 2.15. The van der Waals surface area contributed by atoms with E-state index in [2.05, 4.69) is 63.4 Å². The van der Waals surface area contributed by atoms with Crippen molar-refractivity contribution in [1.29, 1.82) is 0 Å². The minimum absolute atomic E-state index is 0.525. The Morgan fingerprint density at radius 2 is 2.00 bits per heavy atom. The van der Waals surface area contributed by atoms with Gasteiger partial charge in [0.1, 0.15) is 0 Å². The average Bonchev–Trinajstić information content (AvgIpc) is 2.21. The molecule has 0 heterocycles. The number of rotatable bonds is 5. The fourth-order valence-corrected chi connectivity index (χ4v) is 1.69. The first-order valence-electron chi connectivity index (χ1n) is 6.05. The smallest absolute Gasteiger partial charge is 0.0371 e. The van der Waals surface area contributed by atoms with Crippen LogP contribution in [0.5, 0.6) is 0 Å². The predicted octanol–water partition coefficient (Wildman–Crippen LogP) is 4.54. The maximum absolute atomic E-state index is 3.55. The fourth-order valence-electron chi connectivity index (χ4n) is 1.69. The van der Waals surface area contributed by atoms with Crippen molar-refractivity contribution in [1.82, 2.24) is 0 Å².